The first kappa shape index (κ1) is 16.5. The van der Waals surface area contributed by atoms with E-state index in [4.69, 9.17) is 0 Å². The van der Waals surface area contributed by atoms with Gasteiger partial charge in [-0.3, -0.25) is 0 Å². The maximum atomic E-state index is 4.47. The van der Waals surface area contributed by atoms with Gasteiger partial charge in [-0.25, -0.2) is 9.67 Å². The maximum absolute atomic E-state index is 4.47. The number of hydrogen-bond acceptors (Lipinski definition) is 3. The van der Waals surface area contributed by atoms with Crippen molar-refractivity contribution in [2.24, 2.45) is 5.92 Å². The van der Waals surface area contributed by atoms with Gasteiger partial charge in [0, 0.05) is 18.5 Å². The fraction of sp³-hybridized carbons (Fsp3) is 0.882. The smallest absolute Gasteiger partial charge is 0.138 e. The molecule has 1 atom stereocenters. The maximum Gasteiger partial charge on any atom is 0.138 e. The average Bonchev–Trinajstić information content (AvgIpc) is 2.94. The summed E-state index contributed by atoms with van der Waals surface area (Å²) in [6.45, 7) is 7.57. The second-order valence-electron chi connectivity index (χ2n) is 6.75. The van der Waals surface area contributed by atoms with Gasteiger partial charge in [-0.2, -0.15) is 5.10 Å². The summed E-state index contributed by atoms with van der Waals surface area (Å²) in [7, 11) is 0. The molecule has 1 aliphatic carbocycles. The minimum absolute atomic E-state index is 0.392. The van der Waals surface area contributed by atoms with Gasteiger partial charge in [0.25, 0.3) is 0 Å². The van der Waals surface area contributed by atoms with Crippen molar-refractivity contribution in [3.05, 3.63) is 12.2 Å². The molecule has 1 saturated carbocycles. The van der Waals surface area contributed by atoms with Crippen molar-refractivity contribution in [3.8, 4) is 0 Å². The molecule has 1 N–H and O–H groups in total. The fourth-order valence-electron chi connectivity index (χ4n) is 3.55. The highest BCUT2D eigenvalue weighted by molar-refractivity contribution is 4.91. The predicted octanol–water partition coefficient (Wildman–Crippen LogP) is 3.74. The molecular weight excluding hydrogens is 260 g/mol. The van der Waals surface area contributed by atoms with E-state index in [1.807, 2.05) is 0 Å². The summed E-state index contributed by atoms with van der Waals surface area (Å²) >= 11 is 0. The lowest BCUT2D eigenvalue weighted by Gasteiger charge is -2.25. The van der Waals surface area contributed by atoms with Crippen molar-refractivity contribution in [1.82, 2.24) is 20.1 Å². The molecule has 1 fully saturated rings. The molecule has 1 heterocycles. The van der Waals surface area contributed by atoms with Gasteiger partial charge in [0.15, 0.2) is 0 Å². The topological polar surface area (TPSA) is 42.7 Å². The summed E-state index contributed by atoms with van der Waals surface area (Å²) in [5.74, 6) is 2.09. The van der Waals surface area contributed by atoms with Crippen LogP contribution < -0.4 is 5.32 Å². The number of rotatable bonds is 8. The second-order valence-corrected chi connectivity index (χ2v) is 6.75. The molecule has 120 valence electrons. The van der Waals surface area contributed by atoms with Gasteiger partial charge in [-0.05, 0) is 39.2 Å². The molecule has 0 spiro atoms. The van der Waals surface area contributed by atoms with E-state index >= 15 is 0 Å². The number of likely N-dealkylation sites (N-methyl/N-ethyl adjacent to an activating group) is 1. The molecule has 0 aliphatic heterocycles. The Hall–Kier alpha value is -0.900. The third kappa shape index (κ3) is 5.10. The lowest BCUT2D eigenvalue weighted by Crippen LogP contribution is -2.33. The molecule has 1 aromatic heterocycles. The van der Waals surface area contributed by atoms with E-state index in [0.717, 1.165) is 24.7 Å². The number of nitrogens with zero attached hydrogens (tertiary/aromatic N) is 3. The molecule has 4 heteroatoms. The highest BCUT2D eigenvalue weighted by Crippen LogP contribution is 2.28. The minimum Gasteiger partial charge on any atom is -0.314 e. The Morgan fingerprint density at radius 1 is 1.29 bits per heavy atom. The van der Waals surface area contributed by atoms with Gasteiger partial charge in [0.2, 0.25) is 0 Å². The van der Waals surface area contributed by atoms with Gasteiger partial charge < -0.3 is 5.32 Å². The summed E-state index contributed by atoms with van der Waals surface area (Å²) in [5, 5.41) is 8.00. The van der Waals surface area contributed by atoms with Gasteiger partial charge in [0.1, 0.15) is 12.2 Å². The predicted molar refractivity (Wildman–Crippen MR) is 87.4 cm³/mol. The van der Waals surface area contributed by atoms with Crippen molar-refractivity contribution in [2.75, 3.05) is 6.54 Å². The zero-order chi connectivity index (χ0) is 15.1. The normalized spacial score (nSPS) is 18.3. The monoisotopic (exact) mass is 292 g/mol. The van der Waals surface area contributed by atoms with Crippen LogP contribution in [-0.2, 0) is 6.42 Å². The molecule has 0 saturated heterocycles. The number of nitrogens with one attached hydrogen (secondary N) is 1. The Kier molecular flexibility index (Phi) is 6.68. The van der Waals surface area contributed by atoms with Crippen molar-refractivity contribution in [3.63, 3.8) is 0 Å². The van der Waals surface area contributed by atoms with Crippen LogP contribution in [0.25, 0.3) is 0 Å². The van der Waals surface area contributed by atoms with Gasteiger partial charge in [0.05, 0.1) is 0 Å². The van der Waals surface area contributed by atoms with Crippen LogP contribution in [0.5, 0.6) is 0 Å². The first-order chi connectivity index (χ1) is 10.2. The SMILES string of the molecule is CCNC(CCC1CCCCC1)Cc1ncnn1C(C)C. The highest BCUT2D eigenvalue weighted by atomic mass is 15.3. The average molecular weight is 292 g/mol. The van der Waals surface area contributed by atoms with Crippen LogP contribution in [0.15, 0.2) is 6.33 Å². The molecule has 0 radical (unpaired) electrons. The number of aromatic nitrogens is 3. The zero-order valence-electron chi connectivity index (χ0n) is 14.0. The molecule has 1 aromatic rings. The van der Waals surface area contributed by atoms with Crippen LogP contribution in [0.4, 0.5) is 0 Å². The van der Waals surface area contributed by atoms with Crippen LogP contribution >= 0.6 is 0 Å². The van der Waals surface area contributed by atoms with Gasteiger partial charge >= 0.3 is 0 Å². The largest absolute Gasteiger partial charge is 0.314 e. The first-order valence-electron chi connectivity index (χ1n) is 8.82. The Balaban J connectivity index is 1.87. The van der Waals surface area contributed by atoms with Crippen molar-refractivity contribution < 1.29 is 0 Å². The van der Waals surface area contributed by atoms with E-state index in [1.165, 1.54) is 44.9 Å². The fourth-order valence-corrected chi connectivity index (χ4v) is 3.55. The van der Waals surface area contributed by atoms with Crippen LogP contribution in [-0.4, -0.2) is 27.4 Å². The van der Waals surface area contributed by atoms with Crippen molar-refractivity contribution in [1.29, 1.82) is 0 Å². The summed E-state index contributed by atoms with van der Waals surface area (Å²) < 4.78 is 2.06. The molecular formula is C17H32N4. The standard InChI is InChI=1S/C17H32N4/c1-4-18-16(11-10-15-8-6-5-7-9-15)12-17-19-13-20-21(17)14(2)3/h13-16,18H,4-12H2,1-3H3. The molecule has 0 amide bonds. The van der Waals surface area contributed by atoms with E-state index in [-0.39, 0.29) is 0 Å². The van der Waals surface area contributed by atoms with E-state index in [1.54, 1.807) is 6.33 Å². The van der Waals surface area contributed by atoms with Crippen LogP contribution in [0, 0.1) is 5.92 Å². The van der Waals surface area contributed by atoms with E-state index in [0.29, 0.717) is 12.1 Å². The molecule has 1 aliphatic rings. The molecule has 0 bridgehead atoms. The Morgan fingerprint density at radius 2 is 2.05 bits per heavy atom. The Labute approximate surface area is 129 Å². The van der Waals surface area contributed by atoms with Crippen LogP contribution in [0.2, 0.25) is 0 Å². The molecule has 4 nitrogen and oxygen atoms in total. The van der Waals surface area contributed by atoms with E-state index in [2.05, 4.69) is 40.9 Å². The van der Waals surface area contributed by atoms with Crippen LogP contribution in [0.3, 0.4) is 0 Å². The number of hydrogen-bond donors (Lipinski definition) is 1. The molecule has 21 heavy (non-hydrogen) atoms. The van der Waals surface area contributed by atoms with Crippen molar-refractivity contribution >= 4 is 0 Å². The van der Waals surface area contributed by atoms with E-state index in [9.17, 15) is 0 Å². The zero-order valence-corrected chi connectivity index (χ0v) is 14.0. The second kappa shape index (κ2) is 8.52. The lowest BCUT2D eigenvalue weighted by molar-refractivity contribution is 0.311. The first-order valence-corrected chi connectivity index (χ1v) is 8.82. The quantitative estimate of drug-likeness (QED) is 0.793. The summed E-state index contributed by atoms with van der Waals surface area (Å²) in [5.41, 5.74) is 0. The summed E-state index contributed by atoms with van der Waals surface area (Å²) in [6, 6.07) is 0.932. The molecule has 1 unspecified atom stereocenters. The summed E-state index contributed by atoms with van der Waals surface area (Å²) in [4.78, 5) is 4.47. The third-order valence-corrected chi connectivity index (χ3v) is 4.71. The van der Waals surface area contributed by atoms with Gasteiger partial charge in [-0.15, -0.1) is 0 Å². The lowest BCUT2D eigenvalue weighted by atomic mass is 9.85. The van der Waals surface area contributed by atoms with E-state index < -0.39 is 0 Å². The Bertz CT molecular complexity index is 393. The van der Waals surface area contributed by atoms with Crippen LogP contribution in [0.1, 0.15) is 77.6 Å². The molecule has 0 aromatic carbocycles. The van der Waals surface area contributed by atoms with Crippen molar-refractivity contribution in [2.45, 2.75) is 84.2 Å². The highest BCUT2D eigenvalue weighted by Gasteiger charge is 2.18. The minimum atomic E-state index is 0.392. The third-order valence-electron chi connectivity index (χ3n) is 4.71. The Morgan fingerprint density at radius 3 is 2.71 bits per heavy atom. The molecule has 2 rings (SSSR count). The van der Waals surface area contributed by atoms with Gasteiger partial charge in [-0.1, -0.05) is 39.0 Å². The summed E-state index contributed by atoms with van der Waals surface area (Å²) in [6.07, 6.45) is 12.6.